The van der Waals surface area contributed by atoms with Crippen molar-refractivity contribution >= 4 is 23.7 Å². The maximum atomic E-state index is 12.4. The molecule has 2 saturated carbocycles. The fraction of sp³-hybridized carbons (Fsp3) is 0.600. The number of carboxylic acid groups (broad SMARTS) is 1. The minimum Gasteiger partial charge on any atom is -0.506 e. The third-order valence-electron chi connectivity index (χ3n) is 6.88. The van der Waals surface area contributed by atoms with Crippen molar-refractivity contribution in [3.05, 3.63) is 28.7 Å². The number of hydrogen-bond acceptors (Lipinski definition) is 6. The molecule has 4 rings (SSSR count). The van der Waals surface area contributed by atoms with E-state index in [1.807, 2.05) is 0 Å². The van der Waals surface area contributed by atoms with Crippen LogP contribution in [0.1, 0.15) is 69.2 Å². The van der Waals surface area contributed by atoms with Gasteiger partial charge in [-0.1, -0.05) is 43.7 Å². The molecular formula is C25H35ClN4O5. The maximum absolute atomic E-state index is 12.4. The van der Waals surface area contributed by atoms with E-state index in [0.717, 1.165) is 51.4 Å². The molecule has 2 heterocycles. The second-order valence-electron chi connectivity index (χ2n) is 9.31. The molecule has 0 atom stereocenters. The van der Waals surface area contributed by atoms with E-state index >= 15 is 0 Å². The normalized spacial score (nSPS) is 16.5. The van der Waals surface area contributed by atoms with Crippen LogP contribution < -0.4 is 0 Å². The Balaban J connectivity index is 0.000000320. The zero-order valence-corrected chi connectivity index (χ0v) is 21.4. The van der Waals surface area contributed by atoms with Gasteiger partial charge in [0.05, 0.1) is 28.6 Å². The Labute approximate surface area is 211 Å². The number of carbonyl (C=O) groups is 2. The molecule has 2 aliphatic rings. The van der Waals surface area contributed by atoms with Crippen molar-refractivity contribution in [3.63, 3.8) is 0 Å². The standard InChI is InChI=1S/C18H23ClN4O3.C7H12O2/c1-11-15(24)9-8-13(20-11)16-14(23(3)21-17(16)19)10-26-18(25)22(2)12-6-4-5-7-12;8-7(9)6-4-2-1-3-5-6/h8-9,12,24H,4-7,10H2,1-3H3;6H,1-5H2,(H,8,9). The first-order valence-corrected chi connectivity index (χ1v) is 12.6. The van der Waals surface area contributed by atoms with Gasteiger partial charge in [0.15, 0.2) is 5.15 Å². The van der Waals surface area contributed by atoms with Gasteiger partial charge >= 0.3 is 12.1 Å². The van der Waals surface area contributed by atoms with Gasteiger partial charge in [-0.15, -0.1) is 0 Å². The van der Waals surface area contributed by atoms with Crippen LogP contribution in [0.25, 0.3) is 11.3 Å². The van der Waals surface area contributed by atoms with Crippen LogP contribution in [0.4, 0.5) is 4.79 Å². The van der Waals surface area contributed by atoms with E-state index in [0.29, 0.717) is 22.6 Å². The average molecular weight is 507 g/mol. The van der Waals surface area contributed by atoms with Crippen LogP contribution in [0.3, 0.4) is 0 Å². The highest BCUT2D eigenvalue weighted by atomic mass is 35.5. The summed E-state index contributed by atoms with van der Waals surface area (Å²) in [7, 11) is 3.52. The first-order valence-electron chi connectivity index (χ1n) is 12.2. The smallest absolute Gasteiger partial charge is 0.410 e. The summed E-state index contributed by atoms with van der Waals surface area (Å²) in [6, 6.07) is 3.48. The number of hydrogen-bond donors (Lipinski definition) is 2. The van der Waals surface area contributed by atoms with Gasteiger partial charge in [0.2, 0.25) is 0 Å². The minimum atomic E-state index is -0.602. The molecular weight excluding hydrogens is 472 g/mol. The van der Waals surface area contributed by atoms with Crippen molar-refractivity contribution in [1.82, 2.24) is 19.7 Å². The van der Waals surface area contributed by atoms with Crippen LogP contribution in [-0.2, 0) is 23.2 Å². The van der Waals surface area contributed by atoms with Gasteiger partial charge in [-0.3, -0.25) is 9.48 Å². The minimum absolute atomic E-state index is 0.0289. The van der Waals surface area contributed by atoms with Crippen molar-refractivity contribution in [2.45, 2.75) is 77.4 Å². The molecule has 0 radical (unpaired) electrons. The van der Waals surface area contributed by atoms with Gasteiger partial charge in [-0.2, -0.15) is 5.10 Å². The van der Waals surface area contributed by atoms with Crippen LogP contribution in [0, 0.1) is 12.8 Å². The number of aromatic hydroxyl groups is 1. The number of carbonyl (C=O) groups excluding carboxylic acids is 1. The lowest BCUT2D eigenvalue weighted by atomic mass is 9.90. The highest BCUT2D eigenvalue weighted by molar-refractivity contribution is 6.32. The summed E-state index contributed by atoms with van der Waals surface area (Å²) in [4.78, 5) is 28.8. The van der Waals surface area contributed by atoms with E-state index in [-0.39, 0.29) is 35.6 Å². The molecule has 1 amide bonds. The number of aliphatic carboxylic acids is 1. The zero-order valence-electron chi connectivity index (χ0n) is 20.7. The second-order valence-corrected chi connectivity index (χ2v) is 9.67. The van der Waals surface area contributed by atoms with Crippen molar-refractivity contribution in [2.24, 2.45) is 13.0 Å². The first-order chi connectivity index (χ1) is 16.7. The zero-order chi connectivity index (χ0) is 25.5. The molecule has 0 aromatic carbocycles. The molecule has 9 nitrogen and oxygen atoms in total. The Morgan fingerprint density at radius 3 is 2.34 bits per heavy atom. The predicted molar refractivity (Wildman–Crippen MR) is 132 cm³/mol. The van der Waals surface area contributed by atoms with Gasteiger partial charge in [0, 0.05) is 20.1 Å². The summed E-state index contributed by atoms with van der Waals surface area (Å²) in [5.41, 5.74) is 2.33. The van der Waals surface area contributed by atoms with Gasteiger partial charge in [0.1, 0.15) is 12.4 Å². The summed E-state index contributed by atoms with van der Waals surface area (Å²) in [6.45, 7) is 1.75. The van der Waals surface area contributed by atoms with E-state index in [1.54, 1.807) is 42.7 Å². The van der Waals surface area contributed by atoms with Crippen molar-refractivity contribution in [1.29, 1.82) is 0 Å². The average Bonchev–Trinajstić information content (AvgIpc) is 3.47. The van der Waals surface area contributed by atoms with Crippen molar-refractivity contribution < 1.29 is 24.5 Å². The largest absolute Gasteiger partial charge is 0.506 e. The third kappa shape index (κ3) is 6.87. The fourth-order valence-corrected chi connectivity index (χ4v) is 4.98. The Morgan fingerprint density at radius 1 is 1.14 bits per heavy atom. The number of aryl methyl sites for hydroxylation is 2. The Kier molecular flexibility index (Phi) is 9.37. The number of carboxylic acids is 1. The Morgan fingerprint density at radius 2 is 1.77 bits per heavy atom. The molecule has 2 N–H and O–H groups in total. The molecule has 2 aromatic heterocycles. The monoisotopic (exact) mass is 506 g/mol. The molecule has 0 saturated heterocycles. The molecule has 0 aliphatic heterocycles. The lowest BCUT2D eigenvalue weighted by molar-refractivity contribution is -0.142. The number of nitrogens with zero attached hydrogens (tertiary/aromatic N) is 4. The molecule has 2 aliphatic carbocycles. The van der Waals surface area contributed by atoms with Crippen LogP contribution in [0.15, 0.2) is 12.1 Å². The Hall–Kier alpha value is -2.81. The van der Waals surface area contributed by atoms with E-state index in [4.69, 9.17) is 21.4 Å². The van der Waals surface area contributed by atoms with Crippen LogP contribution in [0.2, 0.25) is 5.15 Å². The van der Waals surface area contributed by atoms with Gasteiger partial charge in [-0.25, -0.2) is 9.78 Å². The number of halogens is 1. The lowest BCUT2D eigenvalue weighted by Crippen LogP contribution is -2.35. The van der Waals surface area contributed by atoms with E-state index in [2.05, 4.69) is 10.1 Å². The molecule has 0 bridgehead atoms. The number of amides is 1. The molecule has 2 fully saturated rings. The molecule has 0 spiro atoms. The highest BCUT2D eigenvalue weighted by Crippen LogP contribution is 2.32. The molecule has 2 aromatic rings. The third-order valence-corrected chi connectivity index (χ3v) is 7.15. The van der Waals surface area contributed by atoms with Crippen LogP contribution >= 0.6 is 11.6 Å². The highest BCUT2D eigenvalue weighted by Gasteiger charge is 2.26. The molecule has 10 heteroatoms. The summed E-state index contributed by atoms with van der Waals surface area (Å²) in [5.74, 6) is -0.520. The van der Waals surface area contributed by atoms with E-state index in [9.17, 15) is 14.7 Å². The van der Waals surface area contributed by atoms with Gasteiger partial charge in [-0.05, 0) is 44.7 Å². The quantitative estimate of drug-likeness (QED) is 0.564. The maximum Gasteiger partial charge on any atom is 0.410 e. The summed E-state index contributed by atoms with van der Waals surface area (Å²) >= 11 is 6.27. The number of ether oxygens (including phenoxy) is 1. The summed E-state index contributed by atoms with van der Waals surface area (Å²) < 4.78 is 7.09. The molecule has 35 heavy (non-hydrogen) atoms. The van der Waals surface area contributed by atoms with Crippen molar-refractivity contribution in [3.8, 4) is 17.0 Å². The van der Waals surface area contributed by atoms with Gasteiger partial charge < -0.3 is 19.8 Å². The Bertz CT molecular complexity index is 1030. The summed E-state index contributed by atoms with van der Waals surface area (Å²) in [6.07, 6.45) is 9.22. The van der Waals surface area contributed by atoms with Crippen LogP contribution in [-0.4, -0.2) is 55.0 Å². The van der Waals surface area contributed by atoms with Crippen LogP contribution in [0.5, 0.6) is 5.75 Å². The summed E-state index contributed by atoms with van der Waals surface area (Å²) in [5, 5.41) is 22.7. The molecule has 0 unspecified atom stereocenters. The predicted octanol–water partition coefficient (Wildman–Crippen LogP) is 5.31. The SMILES string of the molecule is Cc1nc(-c2c(Cl)nn(C)c2COC(=O)N(C)C2CCCC2)ccc1O.O=C(O)C1CCCCC1. The first kappa shape index (κ1) is 26.8. The number of rotatable bonds is 5. The topological polar surface area (TPSA) is 118 Å². The molecule has 192 valence electrons. The van der Waals surface area contributed by atoms with Gasteiger partial charge in [0.25, 0.3) is 0 Å². The number of pyridine rings is 1. The lowest BCUT2D eigenvalue weighted by Gasteiger charge is -2.23. The van der Waals surface area contributed by atoms with E-state index < -0.39 is 5.97 Å². The fourth-order valence-electron chi connectivity index (χ4n) is 4.66. The van der Waals surface area contributed by atoms with E-state index in [1.165, 1.54) is 6.42 Å². The van der Waals surface area contributed by atoms with Crippen molar-refractivity contribution in [2.75, 3.05) is 7.05 Å². The number of aromatic nitrogens is 3. The second kappa shape index (κ2) is 12.2.